The van der Waals surface area contributed by atoms with Crippen LogP contribution < -0.4 is 10.6 Å². The molecule has 2 rings (SSSR count). The minimum Gasteiger partial charge on any atom is -0.462 e. The zero-order chi connectivity index (χ0) is 20.0. The zero-order valence-electron chi connectivity index (χ0n) is 16.0. The summed E-state index contributed by atoms with van der Waals surface area (Å²) in [6, 6.07) is 6.68. The van der Waals surface area contributed by atoms with E-state index in [-0.39, 0.29) is 18.4 Å². The minimum atomic E-state index is -0.432. The van der Waals surface area contributed by atoms with Crippen molar-refractivity contribution >= 4 is 39.8 Å². The van der Waals surface area contributed by atoms with Crippen LogP contribution >= 0.6 is 11.3 Å². The molecule has 0 atom stereocenters. The number of carbonyl (C=O) groups is 3. The number of ether oxygens (including phenoxy) is 1. The van der Waals surface area contributed by atoms with Crippen LogP contribution in [0.25, 0.3) is 0 Å². The second kappa shape index (κ2) is 9.32. The number of amides is 2. The number of hydrogen-bond acceptors (Lipinski definition) is 5. The largest absolute Gasteiger partial charge is 0.462 e. The van der Waals surface area contributed by atoms with E-state index in [2.05, 4.69) is 10.6 Å². The number of thiophene rings is 1. The van der Waals surface area contributed by atoms with Crippen LogP contribution in [0.5, 0.6) is 0 Å². The molecule has 0 unspecified atom stereocenters. The van der Waals surface area contributed by atoms with Crippen LogP contribution in [0.3, 0.4) is 0 Å². The molecule has 2 amide bonds. The first-order chi connectivity index (χ1) is 12.9. The number of benzene rings is 1. The molecular formula is C20H24N2O4S. The van der Waals surface area contributed by atoms with Crippen molar-refractivity contribution in [1.29, 1.82) is 0 Å². The summed E-state index contributed by atoms with van der Waals surface area (Å²) in [6.45, 7) is 7.65. The molecule has 1 aromatic heterocycles. The predicted molar refractivity (Wildman–Crippen MR) is 108 cm³/mol. The topological polar surface area (TPSA) is 84.5 Å². The van der Waals surface area contributed by atoms with Crippen molar-refractivity contribution in [1.82, 2.24) is 0 Å². The molecule has 0 radical (unpaired) electrons. The van der Waals surface area contributed by atoms with Crippen LogP contribution in [0.4, 0.5) is 10.7 Å². The Morgan fingerprint density at radius 1 is 1.11 bits per heavy atom. The van der Waals surface area contributed by atoms with Crippen molar-refractivity contribution in [2.45, 2.75) is 40.5 Å². The third-order valence-electron chi connectivity index (χ3n) is 4.00. The van der Waals surface area contributed by atoms with E-state index in [0.29, 0.717) is 34.7 Å². The lowest BCUT2D eigenvalue weighted by molar-refractivity contribution is -0.115. The van der Waals surface area contributed by atoms with Crippen molar-refractivity contribution in [2.75, 3.05) is 17.2 Å². The normalized spacial score (nSPS) is 10.4. The van der Waals surface area contributed by atoms with Gasteiger partial charge in [-0.05, 0) is 44.0 Å². The van der Waals surface area contributed by atoms with E-state index in [1.54, 1.807) is 38.1 Å². The highest BCUT2D eigenvalue weighted by Gasteiger charge is 2.23. The van der Waals surface area contributed by atoms with Gasteiger partial charge in [0.2, 0.25) is 5.91 Å². The monoisotopic (exact) mass is 388 g/mol. The molecule has 0 fully saturated rings. The van der Waals surface area contributed by atoms with Gasteiger partial charge in [0.1, 0.15) is 5.00 Å². The highest BCUT2D eigenvalue weighted by atomic mass is 32.1. The Kier molecular flexibility index (Phi) is 7.12. The van der Waals surface area contributed by atoms with Gasteiger partial charge in [-0.3, -0.25) is 9.59 Å². The van der Waals surface area contributed by atoms with E-state index in [4.69, 9.17) is 4.74 Å². The molecule has 2 aromatic rings. The number of nitrogens with one attached hydrogen (secondary N) is 2. The maximum absolute atomic E-state index is 12.7. The second-order valence-corrected chi connectivity index (χ2v) is 7.08. The average molecular weight is 388 g/mol. The van der Waals surface area contributed by atoms with Crippen molar-refractivity contribution < 1.29 is 19.1 Å². The van der Waals surface area contributed by atoms with Crippen molar-refractivity contribution in [2.24, 2.45) is 0 Å². The molecule has 0 aliphatic carbocycles. The first-order valence-corrected chi connectivity index (χ1v) is 9.73. The summed E-state index contributed by atoms with van der Waals surface area (Å²) in [6.07, 6.45) is 1.03. The summed E-state index contributed by atoms with van der Waals surface area (Å²) < 4.78 is 5.16. The Bertz CT molecular complexity index is 858. The van der Waals surface area contributed by atoms with E-state index in [1.165, 1.54) is 11.3 Å². The first kappa shape index (κ1) is 20.6. The van der Waals surface area contributed by atoms with Crippen molar-refractivity contribution in [3.63, 3.8) is 0 Å². The minimum absolute atomic E-state index is 0.126. The zero-order valence-corrected chi connectivity index (χ0v) is 16.8. The highest BCUT2D eigenvalue weighted by Crippen LogP contribution is 2.34. The molecule has 0 aliphatic rings. The molecule has 0 aliphatic heterocycles. The van der Waals surface area contributed by atoms with Crippen LogP contribution in [0, 0.1) is 6.92 Å². The third-order valence-corrected chi connectivity index (χ3v) is 5.06. The van der Waals surface area contributed by atoms with E-state index in [0.717, 1.165) is 10.4 Å². The van der Waals surface area contributed by atoms with E-state index >= 15 is 0 Å². The van der Waals surface area contributed by atoms with Crippen LogP contribution in [0.2, 0.25) is 0 Å². The van der Waals surface area contributed by atoms with Gasteiger partial charge in [0.25, 0.3) is 5.91 Å². The van der Waals surface area contributed by atoms with Gasteiger partial charge in [-0.15, -0.1) is 11.3 Å². The Hall–Kier alpha value is -2.67. The molecule has 144 valence electrons. The standard InChI is InChI=1S/C20H24N2O4S/c1-5-15-12(4)27-19(17(15)20(25)26-7-3)22-18(24)13-9-8-10-14(11-13)21-16(23)6-2/h8-11H,5-7H2,1-4H3,(H,21,23)(H,22,24). The average Bonchev–Trinajstić information content (AvgIpc) is 2.96. The quantitative estimate of drug-likeness (QED) is 0.689. The molecule has 0 bridgehead atoms. The van der Waals surface area contributed by atoms with E-state index in [9.17, 15) is 14.4 Å². The number of carbonyl (C=O) groups excluding carboxylic acids is 3. The molecule has 0 saturated heterocycles. The fourth-order valence-electron chi connectivity index (χ4n) is 2.67. The van der Waals surface area contributed by atoms with Gasteiger partial charge in [-0.25, -0.2) is 4.79 Å². The van der Waals surface area contributed by atoms with Gasteiger partial charge in [-0.1, -0.05) is 19.9 Å². The summed E-state index contributed by atoms with van der Waals surface area (Å²) in [5, 5.41) is 6.03. The van der Waals surface area contributed by atoms with Gasteiger partial charge in [-0.2, -0.15) is 0 Å². The second-order valence-electron chi connectivity index (χ2n) is 5.85. The lowest BCUT2D eigenvalue weighted by atomic mass is 10.1. The summed E-state index contributed by atoms with van der Waals surface area (Å²) in [7, 11) is 0. The highest BCUT2D eigenvalue weighted by molar-refractivity contribution is 7.16. The molecule has 1 heterocycles. The van der Waals surface area contributed by atoms with Gasteiger partial charge in [0.05, 0.1) is 12.2 Å². The molecule has 2 N–H and O–H groups in total. The Labute approximate surface area is 162 Å². The van der Waals surface area contributed by atoms with Gasteiger partial charge >= 0.3 is 5.97 Å². The molecule has 7 heteroatoms. The molecule has 1 aromatic carbocycles. The van der Waals surface area contributed by atoms with Crippen LogP contribution in [0.15, 0.2) is 24.3 Å². The number of anilines is 2. The Balaban J connectivity index is 2.29. The van der Waals surface area contributed by atoms with Crippen LogP contribution in [-0.4, -0.2) is 24.4 Å². The molecular weight excluding hydrogens is 364 g/mol. The first-order valence-electron chi connectivity index (χ1n) is 8.91. The predicted octanol–water partition coefficient (Wildman–Crippen LogP) is 4.40. The maximum Gasteiger partial charge on any atom is 0.341 e. The Morgan fingerprint density at radius 3 is 2.48 bits per heavy atom. The number of esters is 1. The van der Waals surface area contributed by atoms with Gasteiger partial charge in [0.15, 0.2) is 0 Å². The Morgan fingerprint density at radius 2 is 1.85 bits per heavy atom. The molecule has 0 spiro atoms. The number of rotatable bonds is 7. The summed E-state index contributed by atoms with van der Waals surface area (Å²) in [4.78, 5) is 37.6. The SMILES string of the molecule is CCOC(=O)c1c(NC(=O)c2cccc(NC(=O)CC)c2)sc(C)c1CC. The summed E-state index contributed by atoms with van der Waals surface area (Å²) in [5.41, 5.74) is 2.25. The van der Waals surface area contributed by atoms with Crippen LogP contribution in [-0.2, 0) is 16.0 Å². The summed E-state index contributed by atoms with van der Waals surface area (Å²) >= 11 is 1.36. The van der Waals surface area contributed by atoms with Crippen LogP contribution in [0.1, 0.15) is 58.3 Å². The van der Waals surface area contributed by atoms with Crippen molar-refractivity contribution in [3.8, 4) is 0 Å². The molecule has 27 heavy (non-hydrogen) atoms. The van der Waals surface area contributed by atoms with E-state index in [1.807, 2.05) is 13.8 Å². The molecule has 0 saturated carbocycles. The third kappa shape index (κ3) is 4.95. The summed E-state index contributed by atoms with van der Waals surface area (Å²) in [5.74, 6) is -0.909. The molecule has 6 nitrogen and oxygen atoms in total. The fraction of sp³-hybridized carbons (Fsp3) is 0.350. The smallest absolute Gasteiger partial charge is 0.341 e. The lowest BCUT2D eigenvalue weighted by Gasteiger charge is -2.09. The number of aryl methyl sites for hydroxylation is 1. The number of hydrogen-bond donors (Lipinski definition) is 2. The van der Waals surface area contributed by atoms with E-state index < -0.39 is 5.97 Å². The fourth-order valence-corrected chi connectivity index (χ4v) is 3.80. The van der Waals surface area contributed by atoms with Gasteiger partial charge < -0.3 is 15.4 Å². The lowest BCUT2D eigenvalue weighted by Crippen LogP contribution is -2.16. The van der Waals surface area contributed by atoms with Crippen molar-refractivity contribution in [3.05, 3.63) is 45.8 Å². The maximum atomic E-state index is 12.7. The van der Waals surface area contributed by atoms with Gasteiger partial charge in [0, 0.05) is 22.5 Å².